The van der Waals surface area contributed by atoms with Crippen LogP contribution in [0.15, 0.2) is 60.8 Å². The summed E-state index contributed by atoms with van der Waals surface area (Å²) in [7, 11) is 0. The summed E-state index contributed by atoms with van der Waals surface area (Å²) in [5.41, 5.74) is 2.26. The fourth-order valence-corrected chi connectivity index (χ4v) is 0.828. The van der Waals surface area contributed by atoms with Crippen molar-refractivity contribution in [2.75, 3.05) is 0 Å². The van der Waals surface area contributed by atoms with Gasteiger partial charge < -0.3 is 0 Å². The lowest BCUT2D eigenvalue weighted by molar-refractivity contribution is 1.30. The molecule has 0 heterocycles. The van der Waals surface area contributed by atoms with E-state index in [-0.39, 0.29) is 0 Å². The third-order valence-corrected chi connectivity index (χ3v) is 1.74. The van der Waals surface area contributed by atoms with E-state index in [1.54, 1.807) is 6.08 Å². The first-order valence-electron chi connectivity index (χ1n) is 4.48. The minimum Gasteiger partial charge on any atom is -0.0991 e. The van der Waals surface area contributed by atoms with E-state index in [4.69, 9.17) is 0 Å². The van der Waals surface area contributed by atoms with Crippen molar-refractivity contribution in [1.82, 2.24) is 0 Å². The van der Waals surface area contributed by atoms with Gasteiger partial charge in [-0.15, -0.1) is 0 Å². The molecule has 0 radical (unpaired) electrons. The van der Waals surface area contributed by atoms with Gasteiger partial charge in [0, 0.05) is 0 Å². The van der Waals surface area contributed by atoms with E-state index in [2.05, 4.69) is 32.2 Å². The van der Waals surface area contributed by atoms with Gasteiger partial charge in [-0.25, -0.2) is 0 Å². The van der Waals surface area contributed by atoms with Crippen LogP contribution in [0.2, 0.25) is 0 Å². The average Bonchev–Trinajstić information content (AvgIpc) is 2.14. The molecular weight excluding hydrogens is 156 g/mol. The van der Waals surface area contributed by atoms with Gasteiger partial charge in [0.05, 0.1) is 0 Å². The van der Waals surface area contributed by atoms with E-state index in [9.17, 15) is 0 Å². The predicted octanol–water partition coefficient (Wildman–Crippen LogP) is 4.20. The zero-order valence-corrected chi connectivity index (χ0v) is 8.59. The highest BCUT2D eigenvalue weighted by Crippen LogP contribution is 2.09. The number of allylic oxidation sites excluding steroid dienone is 8. The normalized spacial score (nSPS) is 12.6. The first-order valence-corrected chi connectivity index (χ1v) is 4.48. The Morgan fingerprint density at radius 2 is 2.08 bits per heavy atom. The molecular formula is C13H18. The molecule has 0 aromatic carbocycles. The quantitative estimate of drug-likeness (QED) is 0.433. The smallest absolute Gasteiger partial charge is 0.0163 e. The molecule has 0 atom stereocenters. The van der Waals surface area contributed by atoms with E-state index < -0.39 is 0 Å². The predicted molar refractivity (Wildman–Crippen MR) is 61.7 cm³/mol. The molecule has 0 aliphatic carbocycles. The van der Waals surface area contributed by atoms with Crippen molar-refractivity contribution in [3.63, 3.8) is 0 Å². The van der Waals surface area contributed by atoms with Crippen molar-refractivity contribution < 1.29 is 0 Å². The summed E-state index contributed by atoms with van der Waals surface area (Å²) in [4.78, 5) is 0. The maximum Gasteiger partial charge on any atom is -0.0163 e. The Balaban J connectivity index is 4.15. The maximum absolute atomic E-state index is 3.94. The summed E-state index contributed by atoms with van der Waals surface area (Å²) in [5, 5.41) is 0. The molecule has 0 saturated carbocycles. The monoisotopic (exact) mass is 174 g/mol. The molecule has 0 unspecified atom stereocenters. The molecule has 0 aliphatic rings. The second-order valence-electron chi connectivity index (χ2n) is 2.81. The van der Waals surface area contributed by atoms with Crippen LogP contribution in [0.25, 0.3) is 0 Å². The van der Waals surface area contributed by atoms with Crippen LogP contribution in [0.1, 0.15) is 20.3 Å². The Kier molecular flexibility index (Phi) is 6.62. The summed E-state index contributed by atoms with van der Waals surface area (Å²) >= 11 is 0. The highest BCUT2D eigenvalue weighted by atomic mass is 13.9. The minimum absolute atomic E-state index is 0.975. The van der Waals surface area contributed by atoms with Crippen molar-refractivity contribution in [1.29, 1.82) is 0 Å². The Bertz CT molecular complexity index is 249. The van der Waals surface area contributed by atoms with Gasteiger partial charge in [0.2, 0.25) is 0 Å². The van der Waals surface area contributed by atoms with Gasteiger partial charge in [0.15, 0.2) is 0 Å². The summed E-state index contributed by atoms with van der Waals surface area (Å²) < 4.78 is 0. The van der Waals surface area contributed by atoms with E-state index in [0.29, 0.717) is 0 Å². The lowest BCUT2D eigenvalue weighted by atomic mass is 10.1. The van der Waals surface area contributed by atoms with Gasteiger partial charge in [0.1, 0.15) is 0 Å². The minimum atomic E-state index is 0.975. The van der Waals surface area contributed by atoms with E-state index in [1.165, 1.54) is 5.57 Å². The fourth-order valence-electron chi connectivity index (χ4n) is 0.828. The van der Waals surface area contributed by atoms with Crippen LogP contribution in [0.4, 0.5) is 0 Å². The van der Waals surface area contributed by atoms with Crippen molar-refractivity contribution in [3.05, 3.63) is 60.8 Å². The Labute approximate surface area is 81.7 Å². The van der Waals surface area contributed by atoms with Gasteiger partial charge in [-0.05, 0) is 31.4 Å². The van der Waals surface area contributed by atoms with Crippen molar-refractivity contribution in [2.45, 2.75) is 20.3 Å². The third-order valence-electron chi connectivity index (χ3n) is 1.74. The zero-order chi connectivity index (χ0) is 10.1. The first kappa shape index (κ1) is 11.7. The summed E-state index contributed by atoms with van der Waals surface area (Å²) in [6.45, 7) is 11.6. The van der Waals surface area contributed by atoms with E-state index in [0.717, 1.165) is 12.0 Å². The van der Waals surface area contributed by atoms with Crippen molar-refractivity contribution in [2.24, 2.45) is 0 Å². The van der Waals surface area contributed by atoms with Crippen LogP contribution in [-0.4, -0.2) is 0 Å². The first-order chi connectivity index (χ1) is 6.22. The number of rotatable bonds is 5. The largest absolute Gasteiger partial charge is 0.0991 e. The molecule has 0 heteroatoms. The number of hydrogen-bond donors (Lipinski definition) is 0. The standard InChI is InChI=1S/C13H18/c1-5-7-9-11-13(4)12(3)10-8-6-2/h5-8,10-11H,2-3,9H2,1,4H3. The summed E-state index contributed by atoms with van der Waals surface area (Å²) in [5.74, 6) is 0. The fraction of sp³-hybridized carbons (Fsp3) is 0.231. The highest BCUT2D eigenvalue weighted by molar-refractivity contribution is 5.36. The van der Waals surface area contributed by atoms with E-state index in [1.807, 2.05) is 25.2 Å². The molecule has 0 bridgehead atoms. The second-order valence-corrected chi connectivity index (χ2v) is 2.81. The Morgan fingerprint density at radius 3 is 2.62 bits per heavy atom. The molecule has 0 saturated heterocycles. The van der Waals surface area contributed by atoms with Crippen molar-refractivity contribution in [3.8, 4) is 0 Å². The molecule has 0 nitrogen and oxygen atoms in total. The topological polar surface area (TPSA) is 0 Å². The molecule has 13 heavy (non-hydrogen) atoms. The van der Waals surface area contributed by atoms with Gasteiger partial charge in [-0.3, -0.25) is 0 Å². The number of hydrogen-bond acceptors (Lipinski definition) is 0. The summed E-state index contributed by atoms with van der Waals surface area (Å²) in [6.07, 6.45) is 12.9. The van der Waals surface area contributed by atoms with E-state index >= 15 is 0 Å². The molecule has 0 N–H and O–H groups in total. The van der Waals surface area contributed by atoms with Crippen LogP contribution in [0, 0.1) is 0 Å². The molecule has 0 amide bonds. The van der Waals surface area contributed by atoms with Gasteiger partial charge >= 0.3 is 0 Å². The molecule has 0 rings (SSSR count). The molecule has 0 aliphatic heterocycles. The molecule has 0 fully saturated rings. The van der Waals surface area contributed by atoms with Crippen molar-refractivity contribution >= 4 is 0 Å². The zero-order valence-electron chi connectivity index (χ0n) is 8.59. The van der Waals surface area contributed by atoms with Gasteiger partial charge in [-0.2, -0.15) is 0 Å². The SMILES string of the molecule is C=CC=CC(=C)C(C)=CCC=CC. The Morgan fingerprint density at radius 1 is 1.38 bits per heavy atom. The van der Waals surface area contributed by atoms with Crippen LogP contribution in [0.3, 0.4) is 0 Å². The van der Waals surface area contributed by atoms with Crippen LogP contribution >= 0.6 is 0 Å². The van der Waals surface area contributed by atoms with Gasteiger partial charge in [0.25, 0.3) is 0 Å². The van der Waals surface area contributed by atoms with Gasteiger partial charge in [-0.1, -0.05) is 49.6 Å². The molecule has 0 aromatic rings. The highest BCUT2D eigenvalue weighted by Gasteiger charge is 1.89. The summed E-state index contributed by atoms with van der Waals surface area (Å²) in [6, 6.07) is 0. The lowest BCUT2D eigenvalue weighted by Crippen LogP contribution is -1.77. The maximum atomic E-state index is 3.94. The second kappa shape index (κ2) is 7.35. The molecule has 70 valence electrons. The Hall–Kier alpha value is -1.30. The van der Waals surface area contributed by atoms with Crippen LogP contribution in [0.5, 0.6) is 0 Å². The molecule has 0 spiro atoms. The average molecular weight is 174 g/mol. The third kappa shape index (κ3) is 5.92. The molecule has 0 aromatic heterocycles. The lowest BCUT2D eigenvalue weighted by Gasteiger charge is -1.98. The van der Waals surface area contributed by atoms with Crippen LogP contribution in [-0.2, 0) is 0 Å². The van der Waals surface area contributed by atoms with Crippen LogP contribution < -0.4 is 0 Å².